The van der Waals surface area contributed by atoms with Crippen LogP contribution in [-0.4, -0.2) is 54.9 Å². The van der Waals surface area contributed by atoms with Crippen molar-refractivity contribution in [3.8, 4) is 0 Å². The van der Waals surface area contributed by atoms with Crippen molar-refractivity contribution in [2.45, 2.75) is 44.6 Å². The molecule has 2 aliphatic rings. The van der Waals surface area contributed by atoms with Crippen molar-refractivity contribution in [1.82, 2.24) is 9.29 Å². The quantitative estimate of drug-likeness (QED) is 0.774. The minimum Gasteiger partial charge on any atom is -0.384 e. The van der Waals surface area contributed by atoms with E-state index in [4.69, 9.17) is 4.74 Å². The Hall–Kier alpha value is -2.00. The number of fused-ring (bicyclic) bond motifs is 1. The monoisotopic (exact) mass is 432 g/mol. The van der Waals surface area contributed by atoms with Gasteiger partial charge in [-0.05, 0) is 36.5 Å². The smallest absolute Gasteiger partial charge is 0.243 e. The molecule has 0 radical (unpaired) electrons. The summed E-state index contributed by atoms with van der Waals surface area (Å²) in [4.78, 5) is 16.3. The van der Waals surface area contributed by atoms with Crippen molar-refractivity contribution in [3.63, 3.8) is 0 Å². The summed E-state index contributed by atoms with van der Waals surface area (Å²) in [6.45, 7) is 7.42. The molecule has 2 aromatic rings. The first-order valence-corrected chi connectivity index (χ1v) is 11.6. The molecule has 8 heteroatoms. The lowest BCUT2D eigenvalue weighted by atomic mass is 9.75. The lowest BCUT2D eigenvalue weighted by Crippen LogP contribution is -2.40. The van der Waals surface area contributed by atoms with Gasteiger partial charge in [-0.15, -0.1) is 0 Å². The second kappa shape index (κ2) is 7.60. The number of aliphatic hydroxyl groups excluding tert-OH is 1. The molecule has 30 heavy (non-hydrogen) atoms. The largest absolute Gasteiger partial charge is 0.384 e. The van der Waals surface area contributed by atoms with E-state index in [0.29, 0.717) is 49.4 Å². The molecule has 2 heterocycles. The van der Waals surface area contributed by atoms with E-state index in [9.17, 15) is 18.3 Å². The van der Waals surface area contributed by atoms with E-state index in [1.807, 2.05) is 6.92 Å². The Kier molecular flexibility index (Phi) is 5.38. The van der Waals surface area contributed by atoms with Gasteiger partial charge in [0.15, 0.2) is 5.78 Å². The number of ether oxygens (including phenoxy) is 1. The number of benzene rings is 1. The predicted octanol–water partition coefficient (Wildman–Crippen LogP) is 2.58. The molecule has 162 valence electrons. The molecule has 0 bridgehead atoms. The van der Waals surface area contributed by atoms with Gasteiger partial charge in [0.1, 0.15) is 6.10 Å². The molecule has 0 amide bonds. The zero-order valence-corrected chi connectivity index (χ0v) is 18.4. The van der Waals surface area contributed by atoms with Crippen LogP contribution in [-0.2, 0) is 21.2 Å². The molecule has 1 atom stereocenters. The number of hydrogen-bond donors (Lipinski definition) is 2. The van der Waals surface area contributed by atoms with E-state index >= 15 is 0 Å². The molecule has 2 N–H and O–H groups in total. The molecule has 4 rings (SSSR count). The summed E-state index contributed by atoms with van der Waals surface area (Å²) in [6.07, 6.45) is 0.182. The highest BCUT2D eigenvalue weighted by Crippen LogP contribution is 2.40. The maximum atomic E-state index is 12.8. The van der Waals surface area contributed by atoms with Crippen LogP contribution >= 0.6 is 0 Å². The number of nitrogens with zero attached hydrogens (tertiary/aromatic N) is 1. The number of aromatic amines is 1. The Morgan fingerprint density at radius 2 is 1.77 bits per heavy atom. The first kappa shape index (κ1) is 21.2. The van der Waals surface area contributed by atoms with Crippen molar-refractivity contribution in [2.75, 3.05) is 26.3 Å². The summed E-state index contributed by atoms with van der Waals surface area (Å²) in [5.41, 5.74) is 3.26. The van der Waals surface area contributed by atoms with Crippen molar-refractivity contribution in [3.05, 3.63) is 52.3 Å². The zero-order valence-electron chi connectivity index (χ0n) is 17.6. The topological polar surface area (TPSA) is 99.7 Å². The van der Waals surface area contributed by atoms with E-state index in [1.54, 1.807) is 12.1 Å². The Bertz CT molecular complexity index is 1060. The highest BCUT2D eigenvalue weighted by molar-refractivity contribution is 7.89. The van der Waals surface area contributed by atoms with Crippen LogP contribution in [0.3, 0.4) is 0 Å². The molecule has 1 aromatic heterocycles. The average Bonchev–Trinajstić information content (AvgIpc) is 3.03. The average molecular weight is 433 g/mol. The molecule has 1 aromatic carbocycles. The van der Waals surface area contributed by atoms with Gasteiger partial charge in [-0.2, -0.15) is 4.31 Å². The van der Waals surface area contributed by atoms with Crippen molar-refractivity contribution in [1.29, 1.82) is 0 Å². The molecule has 1 unspecified atom stereocenters. The molecule has 7 nitrogen and oxygen atoms in total. The number of ketones is 1. The van der Waals surface area contributed by atoms with Crippen LogP contribution in [0.5, 0.6) is 0 Å². The van der Waals surface area contributed by atoms with Crippen molar-refractivity contribution >= 4 is 15.8 Å². The fraction of sp³-hybridized carbons (Fsp3) is 0.500. The first-order chi connectivity index (χ1) is 14.1. The maximum absolute atomic E-state index is 12.8. The Morgan fingerprint density at radius 3 is 2.40 bits per heavy atom. The van der Waals surface area contributed by atoms with Crippen molar-refractivity contribution in [2.24, 2.45) is 5.41 Å². The van der Waals surface area contributed by atoms with Gasteiger partial charge < -0.3 is 14.8 Å². The Labute approximate surface area is 177 Å². The van der Waals surface area contributed by atoms with E-state index in [0.717, 1.165) is 17.8 Å². The molecule has 1 aliphatic heterocycles. The van der Waals surface area contributed by atoms with Crippen LogP contribution in [0.2, 0.25) is 0 Å². The molecule has 0 saturated carbocycles. The normalized spacial score (nSPS) is 20.7. The van der Waals surface area contributed by atoms with Crippen LogP contribution in [0.15, 0.2) is 29.2 Å². The first-order valence-electron chi connectivity index (χ1n) is 10.2. The van der Waals surface area contributed by atoms with Gasteiger partial charge in [-0.25, -0.2) is 8.42 Å². The van der Waals surface area contributed by atoms with Gasteiger partial charge in [0.05, 0.1) is 18.1 Å². The van der Waals surface area contributed by atoms with Gasteiger partial charge in [-0.1, -0.05) is 26.0 Å². The molecule has 1 aliphatic carbocycles. The van der Waals surface area contributed by atoms with Crippen LogP contribution in [0.25, 0.3) is 0 Å². The summed E-state index contributed by atoms with van der Waals surface area (Å²) >= 11 is 0. The fourth-order valence-corrected chi connectivity index (χ4v) is 5.90. The second-order valence-electron chi connectivity index (χ2n) is 8.95. The minimum absolute atomic E-state index is 0.0335. The van der Waals surface area contributed by atoms with E-state index in [2.05, 4.69) is 18.8 Å². The standard InChI is InChI=1S/C22H28N2O5S/c1-14-19(20-17(23-14)12-22(2,3)13-18(20)25)21(26)15-4-6-16(7-5-15)30(27,28)24-8-10-29-11-9-24/h4-7,21,23,26H,8-13H2,1-3H3. The second-order valence-corrected chi connectivity index (χ2v) is 10.9. The molecular formula is C22H28N2O5S. The van der Waals surface area contributed by atoms with E-state index < -0.39 is 16.1 Å². The predicted molar refractivity (Wildman–Crippen MR) is 112 cm³/mol. The van der Waals surface area contributed by atoms with E-state index in [1.165, 1.54) is 16.4 Å². The fourth-order valence-electron chi connectivity index (χ4n) is 4.49. The van der Waals surface area contributed by atoms with Gasteiger partial charge in [0.25, 0.3) is 0 Å². The number of nitrogens with one attached hydrogen (secondary N) is 1. The molecule has 1 fully saturated rings. The number of carbonyl (C=O) groups is 1. The number of aryl methyl sites for hydroxylation is 1. The summed E-state index contributed by atoms with van der Waals surface area (Å²) < 4.78 is 32.3. The summed E-state index contributed by atoms with van der Waals surface area (Å²) in [5.74, 6) is 0.0335. The summed E-state index contributed by atoms with van der Waals surface area (Å²) in [7, 11) is -3.59. The van der Waals surface area contributed by atoms with Gasteiger partial charge in [0, 0.05) is 42.0 Å². The van der Waals surface area contributed by atoms with Gasteiger partial charge in [-0.3, -0.25) is 4.79 Å². The number of aliphatic hydroxyl groups is 1. The summed E-state index contributed by atoms with van der Waals surface area (Å²) in [5, 5.41) is 11.1. The summed E-state index contributed by atoms with van der Waals surface area (Å²) in [6, 6.07) is 6.27. The number of aromatic nitrogens is 1. The van der Waals surface area contributed by atoms with Crippen molar-refractivity contribution < 1.29 is 23.1 Å². The highest BCUT2D eigenvalue weighted by Gasteiger charge is 2.36. The lowest BCUT2D eigenvalue weighted by molar-refractivity contribution is 0.0730. The third-order valence-corrected chi connectivity index (χ3v) is 7.88. The van der Waals surface area contributed by atoms with Crippen LogP contribution in [0.1, 0.15) is 59.2 Å². The van der Waals surface area contributed by atoms with Crippen LogP contribution < -0.4 is 0 Å². The number of rotatable bonds is 4. The number of carbonyl (C=O) groups excluding carboxylic acids is 1. The molecular weight excluding hydrogens is 404 g/mol. The number of sulfonamides is 1. The number of Topliss-reactive ketones (excluding diaryl/α,β-unsaturated/α-hetero) is 1. The number of morpholine rings is 1. The third-order valence-electron chi connectivity index (χ3n) is 5.96. The maximum Gasteiger partial charge on any atom is 0.243 e. The Balaban J connectivity index is 1.63. The van der Waals surface area contributed by atoms with Gasteiger partial charge in [0.2, 0.25) is 10.0 Å². The van der Waals surface area contributed by atoms with Crippen LogP contribution in [0, 0.1) is 12.3 Å². The molecule has 1 saturated heterocycles. The van der Waals surface area contributed by atoms with Crippen LogP contribution in [0.4, 0.5) is 0 Å². The lowest BCUT2D eigenvalue weighted by Gasteiger charge is -2.29. The SMILES string of the molecule is Cc1[nH]c2c(c1C(O)c1ccc(S(=O)(=O)N3CCOCC3)cc1)C(=O)CC(C)(C)C2. The minimum atomic E-state index is -3.59. The highest BCUT2D eigenvalue weighted by atomic mass is 32.2. The number of hydrogen-bond acceptors (Lipinski definition) is 5. The van der Waals surface area contributed by atoms with E-state index in [-0.39, 0.29) is 16.1 Å². The van der Waals surface area contributed by atoms with Gasteiger partial charge >= 0.3 is 0 Å². The Morgan fingerprint density at radius 1 is 1.13 bits per heavy atom. The zero-order chi connectivity index (χ0) is 21.7. The molecule has 0 spiro atoms. The number of H-pyrrole nitrogens is 1. The third kappa shape index (κ3) is 3.73.